The van der Waals surface area contributed by atoms with E-state index in [1.165, 1.54) is 0 Å². The molecule has 106 valence electrons. The number of anilines is 1. The van der Waals surface area contributed by atoms with E-state index in [0.29, 0.717) is 11.4 Å². The highest BCUT2D eigenvalue weighted by atomic mass is 32.2. The monoisotopic (exact) mass is 282 g/mol. The van der Waals surface area contributed by atoms with Crippen LogP contribution in [-0.2, 0) is 10.0 Å². The third-order valence-corrected chi connectivity index (χ3v) is 5.52. The smallest absolute Gasteiger partial charge is 0.241 e. The SMILES string of the molecule is CNc1cc(C)c(S(=O)(=O)NCC2(C)CC2)c(C)c1. The first-order valence-corrected chi connectivity index (χ1v) is 8.04. The first kappa shape index (κ1) is 14.3. The Morgan fingerprint density at radius 2 is 1.74 bits per heavy atom. The number of hydrogen-bond acceptors (Lipinski definition) is 3. The van der Waals surface area contributed by atoms with Crippen LogP contribution in [-0.4, -0.2) is 22.0 Å². The maximum absolute atomic E-state index is 12.4. The van der Waals surface area contributed by atoms with E-state index in [1.54, 1.807) is 0 Å². The molecule has 0 spiro atoms. The Kier molecular flexibility index (Phi) is 3.62. The largest absolute Gasteiger partial charge is 0.388 e. The summed E-state index contributed by atoms with van der Waals surface area (Å²) in [5.74, 6) is 0. The molecule has 0 unspecified atom stereocenters. The standard InChI is InChI=1S/C14H22N2O2S/c1-10-7-12(15-4)8-11(2)13(10)19(17,18)16-9-14(3)5-6-14/h7-8,15-16H,5-6,9H2,1-4H3. The minimum atomic E-state index is -3.42. The Hall–Kier alpha value is -1.07. The predicted octanol–water partition coefficient (Wildman–Crippen LogP) is 2.42. The van der Waals surface area contributed by atoms with Gasteiger partial charge < -0.3 is 5.32 Å². The van der Waals surface area contributed by atoms with E-state index in [0.717, 1.165) is 29.7 Å². The molecule has 1 aliphatic rings. The number of sulfonamides is 1. The maximum atomic E-state index is 12.4. The average molecular weight is 282 g/mol. The Labute approximate surface area is 115 Å². The lowest BCUT2D eigenvalue weighted by Crippen LogP contribution is -2.30. The van der Waals surface area contributed by atoms with Gasteiger partial charge in [0.1, 0.15) is 0 Å². The summed E-state index contributed by atoms with van der Waals surface area (Å²) in [5.41, 5.74) is 2.65. The highest BCUT2D eigenvalue weighted by molar-refractivity contribution is 7.89. The van der Waals surface area contributed by atoms with Crippen LogP contribution >= 0.6 is 0 Å². The molecule has 4 nitrogen and oxygen atoms in total. The number of aryl methyl sites for hydroxylation is 2. The number of rotatable bonds is 5. The van der Waals surface area contributed by atoms with E-state index in [2.05, 4.69) is 17.0 Å². The third kappa shape index (κ3) is 3.09. The van der Waals surface area contributed by atoms with Crippen molar-refractivity contribution < 1.29 is 8.42 Å². The summed E-state index contributed by atoms with van der Waals surface area (Å²) >= 11 is 0. The summed E-state index contributed by atoms with van der Waals surface area (Å²) in [7, 11) is -1.59. The summed E-state index contributed by atoms with van der Waals surface area (Å²) in [4.78, 5) is 0.413. The molecule has 0 aromatic heterocycles. The lowest BCUT2D eigenvalue weighted by Gasteiger charge is -2.15. The molecular formula is C14H22N2O2S. The summed E-state index contributed by atoms with van der Waals surface area (Å²) in [5, 5.41) is 3.04. The van der Waals surface area contributed by atoms with Gasteiger partial charge in [-0.15, -0.1) is 0 Å². The van der Waals surface area contributed by atoms with Crippen molar-refractivity contribution in [1.82, 2.24) is 4.72 Å². The molecule has 2 rings (SSSR count). The van der Waals surface area contributed by atoms with Crippen molar-refractivity contribution in [3.8, 4) is 0 Å². The van der Waals surface area contributed by atoms with Crippen molar-refractivity contribution in [1.29, 1.82) is 0 Å². The minimum Gasteiger partial charge on any atom is -0.388 e. The van der Waals surface area contributed by atoms with Crippen molar-refractivity contribution in [3.05, 3.63) is 23.3 Å². The van der Waals surface area contributed by atoms with Crippen molar-refractivity contribution in [2.45, 2.75) is 38.5 Å². The molecule has 0 atom stereocenters. The van der Waals surface area contributed by atoms with Gasteiger partial charge in [-0.05, 0) is 55.4 Å². The van der Waals surface area contributed by atoms with E-state index >= 15 is 0 Å². The molecule has 0 aliphatic heterocycles. The molecule has 0 heterocycles. The molecule has 0 saturated heterocycles. The van der Waals surface area contributed by atoms with E-state index < -0.39 is 10.0 Å². The number of nitrogens with one attached hydrogen (secondary N) is 2. The summed E-state index contributed by atoms with van der Waals surface area (Å²) in [6.45, 7) is 6.31. The fraction of sp³-hybridized carbons (Fsp3) is 0.571. The minimum absolute atomic E-state index is 0.166. The van der Waals surface area contributed by atoms with E-state index in [4.69, 9.17) is 0 Å². The normalized spacial score (nSPS) is 17.3. The van der Waals surface area contributed by atoms with Crippen molar-refractivity contribution in [2.75, 3.05) is 18.9 Å². The Balaban J connectivity index is 2.29. The highest BCUT2D eigenvalue weighted by Crippen LogP contribution is 2.44. The molecule has 0 amide bonds. The van der Waals surface area contributed by atoms with Gasteiger partial charge in [0, 0.05) is 19.3 Å². The van der Waals surface area contributed by atoms with Crippen LogP contribution in [0.15, 0.2) is 17.0 Å². The lowest BCUT2D eigenvalue weighted by molar-refractivity contribution is 0.530. The second-order valence-corrected chi connectivity index (χ2v) is 7.53. The molecule has 5 heteroatoms. The summed E-state index contributed by atoms with van der Waals surface area (Å²) in [6, 6.07) is 3.72. The predicted molar refractivity (Wildman–Crippen MR) is 78.0 cm³/mol. The Bertz CT molecular complexity index is 566. The molecular weight excluding hydrogens is 260 g/mol. The van der Waals surface area contributed by atoms with Gasteiger partial charge in [0.25, 0.3) is 0 Å². The number of benzene rings is 1. The summed E-state index contributed by atoms with van der Waals surface area (Å²) in [6.07, 6.45) is 2.21. The molecule has 1 fully saturated rings. The van der Waals surface area contributed by atoms with Crippen LogP contribution in [0.5, 0.6) is 0 Å². The van der Waals surface area contributed by atoms with Gasteiger partial charge in [0.05, 0.1) is 4.90 Å². The summed E-state index contributed by atoms with van der Waals surface area (Å²) < 4.78 is 27.6. The average Bonchev–Trinajstić information content (AvgIpc) is 3.04. The van der Waals surface area contributed by atoms with Crippen LogP contribution in [0.25, 0.3) is 0 Å². The number of hydrogen-bond donors (Lipinski definition) is 2. The zero-order valence-corrected chi connectivity index (χ0v) is 12.8. The van der Waals surface area contributed by atoms with Gasteiger partial charge in [-0.2, -0.15) is 0 Å². The van der Waals surface area contributed by atoms with E-state index in [9.17, 15) is 8.42 Å². The topological polar surface area (TPSA) is 58.2 Å². The van der Waals surface area contributed by atoms with Crippen LogP contribution in [0.4, 0.5) is 5.69 Å². The molecule has 0 radical (unpaired) electrons. The first-order chi connectivity index (χ1) is 8.77. The molecule has 0 bridgehead atoms. The van der Waals surface area contributed by atoms with Crippen LogP contribution < -0.4 is 10.0 Å². The quantitative estimate of drug-likeness (QED) is 0.872. The van der Waals surface area contributed by atoms with Gasteiger partial charge in [0.15, 0.2) is 0 Å². The zero-order valence-electron chi connectivity index (χ0n) is 12.0. The van der Waals surface area contributed by atoms with Crippen LogP contribution in [0, 0.1) is 19.3 Å². The molecule has 1 aromatic rings. The molecule has 19 heavy (non-hydrogen) atoms. The second kappa shape index (κ2) is 4.80. The Morgan fingerprint density at radius 1 is 1.21 bits per heavy atom. The Morgan fingerprint density at radius 3 is 2.16 bits per heavy atom. The van der Waals surface area contributed by atoms with Gasteiger partial charge >= 0.3 is 0 Å². The van der Waals surface area contributed by atoms with E-state index in [-0.39, 0.29) is 5.41 Å². The van der Waals surface area contributed by atoms with Gasteiger partial charge in [-0.25, -0.2) is 13.1 Å². The fourth-order valence-electron chi connectivity index (χ4n) is 2.25. The molecule has 1 saturated carbocycles. The van der Waals surface area contributed by atoms with Crippen molar-refractivity contribution in [2.24, 2.45) is 5.41 Å². The van der Waals surface area contributed by atoms with Gasteiger partial charge in [0.2, 0.25) is 10.0 Å². The zero-order chi connectivity index (χ0) is 14.3. The lowest BCUT2D eigenvalue weighted by atomic mass is 10.1. The van der Waals surface area contributed by atoms with Crippen LogP contribution in [0.3, 0.4) is 0 Å². The van der Waals surface area contributed by atoms with Crippen LogP contribution in [0.1, 0.15) is 30.9 Å². The fourth-order valence-corrected chi connectivity index (χ4v) is 3.90. The second-order valence-electron chi connectivity index (χ2n) is 5.82. The first-order valence-electron chi connectivity index (χ1n) is 6.56. The van der Waals surface area contributed by atoms with E-state index in [1.807, 2.05) is 33.0 Å². The third-order valence-electron chi connectivity index (χ3n) is 3.81. The maximum Gasteiger partial charge on any atom is 0.241 e. The highest BCUT2D eigenvalue weighted by Gasteiger charge is 2.38. The molecule has 1 aliphatic carbocycles. The van der Waals surface area contributed by atoms with Crippen molar-refractivity contribution in [3.63, 3.8) is 0 Å². The van der Waals surface area contributed by atoms with Crippen molar-refractivity contribution >= 4 is 15.7 Å². The van der Waals surface area contributed by atoms with Crippen LogP contribution in [0.2, 0.25) is 0 Å². The van der Waals surface area contributed by atoms with Gasteiger partial charge in [-0.1, -0.05) is 6.92 Å². The van der Waals surface area contributed by atoms with Gasteiger partial charge in [-0.3, -0.25) is 0 Å². The molecule has 2 N–H and O–H groups in total. The molecule has 1 aromatic carbocycles.